The highest BCUT2D eigenvalue weighted by Gasteiger charge is 2.47. The monoisotopic (exact) mass is 307 g/mol. The third kappa shape index (κ3) is 3.33. The first-order chi connectivity index (χ1) is 9.78. The van der Waals surface area contributed by atoms with E-state index in [0.717, 1.165) is 31.2 Å². The Labute approximate surface area is 133 Å². The Kier molecular flexibility index (Phi) is 3.92. The van der Waals surface area contributed by atoms with Crippen molar-refractivity contribution in [2.75, 3.05) is 13.1 Å². The molecule has 1 aromatic rings. The van der Waals surface area contributed by atoms with Gasteiger partial charge in [-0.1, -0.05) is 20.8 Å². The third-order valence-corrected chi connectivity index (χ3v) is 6.11. The van der Waals surface area contributed by atoms with Crippen molar-refractivity contribution in [2.45, 2.75) is 65.6 Å². The van der Waals surface area contributed by atoms with E-state index in [-0.39, 0.29) is 0 Å². The van der Waals surface area contributed by atoms with Gasteiger partial charge in [0.2, 0.25) is 0 Å². The Balaban J connectivity index is 1.79. The van der Waals surface area contributed by atoms with Crippen LogP contribution in [0.1, 0.15) is 51.2 Å². The van der Waals surface area contributed by atoms with Gasteiger partial charge in [0.15, 0.2) is 0 Å². The van der Waals surface area contributed by atoms with Crippen LogP contribution >= 0.6 is 11.3 Å². The van der Waals surface area contributed by atoms with Crippen molar-refractivity contribution < 1.29 is 0 Å². The van der Waals surface area contributed by atoms with Crippen LogP contribution in [0.15, 0.2) is 5.38 Å². The molecule has 3 rings (SSSR count). The van der Waals surface area contributed by atoms with E-state index in [2.05, 4.69) is 55.2 Å². The van der Waals surface area contributed by atoms with Crippen LogP contribution in [0.2, 0.25) is 0 Å². The van der Waals surface area contributed by atoms with E-state index in [4.69, 9.17) is 0 Å². The maximum absolute atomic E-state index is 4.69. The fourth-order valence-electron chi connectivity index (χ4n) is 3.71. The zero-order valence-corrected chi connectivity index (χ0v) is 14.9. The standard InChI is InChI=1S/C17H29N3S/c1-12-10-21-15(19-12)9-20-11-17(5,13-6-7-13)18-8-14(20)16(2,3)4/h10,13-14,18H,6-9,11H2,1-5H3. The van der Waals surface area contributed by atoms with Crippen molar-refractivity contribution in [3.63, 3.8) is 0 Å². The molecule has 1 saturated heterocycles. The van der Waals surface area contributed by atoms with Crippen LogP contribution in [0.3, 0.4) is 0 Å². The fraction of sp³-hybridized carbons (Fsp3) is 0.824. The molecule has 118 valence electrons. The Morgan fingerprint density at radius 1 is 1.43 bits per heavy atom. The van der Waals surface area contributed by atoms with Crippen LogP contribution in [0.4, 0.5) is 0 Å². The number of nitrogens with one attached hydrogen (secondary N) is 1. The molecule has 0 bridgehead atoms. The topological polar surface area (TPSA) is 28.2 Å². The molecule has 2 atom stereocenters. The van der Waals surface area contributed by atoms with Crippen LogP contribution in [-0.4, -0.2) is 34.6 Å². The second-order valence-electron chi connectivity index (χ2n) is 8.24. The van der Waals surface area contributed by atoms with Crippen molar-refractivity contribution in [3.05, 3.63) is 16.1 Å². The normalized spacial score (nSPS) is 31.6. The minimum absolute atomic E-state index is 0.296. The van der Waals surface area contributed by atoms with Gasteiger partial charge < -0.3 is 5.32 Å². The summed E-state index contributed by atoms with van der Waals surface area (Å²) in [7, 11) is 0. The molecule has 1 N–H and O–H groups in total. The largest absolute Gasteiger partial charge is 0.308 e. The summed E-state index contributed by atoms with van der Waals surface area (Å²) < 4.78 is 0. The van der Waals surface area contributed by atoms with Gasteiger partial charge in [0.25, 0.3) is 0 Å². The Hall–Kier alpha value is -0.450. The smallest absolute Gasteiger partial charge is 0.107 e. The van der Waals surface area contributed by atoms with Gasteiger partial charge in [-0.3, -0.25) is 4.90 Å². The maximum Gasteiger partial charge on any atom is 0.107 e. The number of piperazine rings is 1. The minimum atomic E-state index is 0.296. The predicted molar refractivity (Wildman–Crippen MR) is 89.6 cm³/mol. The molecule has 1 aliphatic heterocycles. The quantitative estimate of drug-likeness (QED) is 0.927. The molecule has 0 aromatic carbocycles. The van der Waals surface area contributed by atoms with Crippen LogP contribution in [0.5, 0.6) is 0 Å². The van der Waals surface area contributed by atoms with Crippen molar-refractivity contribution in [2.24, 2.45) is 11.3 Å². The molecular weight excluding hydrogens is 278 g/mol. The van der Waals surface area contributed by atoms with E-state index in [1.165, 1.54) is 17.8 Å². The zero-order valence-electron chi connectivity index (χ0n) is 14.1. The summed E-state index contributed by atoms with van der Waals surface area (Å²) in [5.41, 5.74) is 1.75. The van der Waals surface area contributed by atoms with Gasteiger partial charge in [-0.25, -0.2) is 4.98 Å². The highest BCUT2D eigenvalue weighted by molar-refractivity contribution is 7.09. The number of hydrogen-bond donors (Lipinski definition) is 1. The molecule has 2 fully saturated rings. The average Bonchev–Trinajstić information content (AvgIpc) is 3.14. The Bertz CT molecular complexity index is 500. The van der Waals surface area contributed by atoms with E-state index >= 15 is 0 Å². The summed E-state index contributed by atoms with van der Waals surface area (Å²) in [6.45, 7) is 14.8. The average molecular weight is 308 g/mol. The number of thiazole rings is 1. The van der Waals surface area contributed by atoms with Crippen molar-refractivity contribution in [3.8, 4) is 0 Å². The molecule has 21 heavy (non-hydrogen) atoms. The van der Waals surface area contributed by atoms with E-state index in [1.54, 1.807) is 11.3 Å². The van der Waals surface area contributed by atoms with Crippen LogP contribution in [-0.2, 0) is 6.54 Å². The number of nitrogens with zero attached hydrogens (tertiary/aromatic N) is 2. The summed E-state index contributed by atoms with van der Waals surface area (Å²) in [5, 5.41) is 7.31. The molecule has 0 amide bonds. The zero-order chi connectivity index (χ0) is 15.3. The number of rotatable bonds is 3. The number of aryl methyl sites for hydroxylation is 1. The van der Waals surface area contributed by atoms with Crippen molar-refractivity contribution in [1.82, 2.24) is 15.2 Å². The molecule has 2 aliphatic rings. The summed E-state index contributed by atoms with van der Waals surface area (Å²) in [6.07, 6.45) is 2.79. The van der Waals surface area contributed by atoms with Gasteiger partial charge in [-0.05, 0) is 38.0 Å². The van der Waals surface area contributed by atoms with Gasteiger partial charge in [-0.2, -0.15) is 0 Å². The van der Waals surface area contributed by atoms with Crippen LogP contribution in [0.25, 0.3) is 0 Å². The molecule has 2 unspecified atom stereocenters. The Morgan fingerprint density at radius 3 is 2.67 bits per heavy atom. The highest BCUT2D eigenvalue weighted by atomic mass is 32.1. The summed E-state index contributed by atoms with van der Waals surface area (Å²) in [5.74, 6) is 0.874. The first-order valence-corrected chi connectivity index (χ1v) is 9.06. The highest BCUT2D eigenvalue weighted by Crippen LogP contribution is 2.43. The lowest BCUT2D eigenvalue weighted by atomic mass is 9.81. The van der Waals surface area contributed by atoms with Gasteiger partial charge >= 0.3 is 0 Å². The summed E-state index contributed by atoms with van der Waals surface area (Å²) >= 11 is 1.81. The molecule has 0 radical (unpaired) electrons. The molecular formula is C17H29N3S. The van der Waals surface area contributed by atoms with Crippen LogP contribution < -0.4 is 5.32 Å². The maximum atomic E-state index is 4.69. The third-order valence-electron chi connectivity index (χ3n) is 5.15. The lowest BCUT2D eigenvalue weighted by molar-refractivity contribution is 0.0145. The predicted octanol–water partition coefficient (Wildman–Crippen LogP) is 3.44. The lowest BCUT2D eigenvalue weighted by Gasteiger charge is -2.50. The van der Waals surface area contributed by atoms with Gasteiger partial charge in [0.05, 0.1) is 6.54 Å². The second-order valence-corrected chi connectivity index (χ2v) is 9.18. The molecule has 0 spiro atoms. The van der Waals surface area contributed by atoms with E-state index in [9.17, 15) is 0 Å². The minimum Gasteiger partial charge on any atom is -0.308 e. The number of aromatic nitrogens is 1. The van der Waals surface area contributed by atoms with E-state index < -0.39 is 0 Å². The van der Waals surface area contributed by atoms with Gasteiger partial charge in [-0.15, -0.1) is 11.3 Å². The first kappa shape index (κ1) is 15.4. The second kappa shape index (κ2) is 5.32. The van der Waals surface area contributed by atoms with E-state index in [1.807, 2.05) is 0 Å². The molecule has 1 saturated carbocycles. The molecule has 2 heterocycles. The summed E-state index contributed by atoms with van der Waals surface area (Å²) in [4.78, 5) is 7.37. The van der Waals surface area contributed by atoms with Crippen molar-refractivity contribution in [1.29, 1.82) is 0 Å². The van der Waals surface area contributed by atoms with Crippen LogP contribution in [0, 0.1) is 18.3 Å². The number of hydrogen-bond acceptors (Lipinski definition) is 4. The van der Waals surface area contributed by atoms with Crippen molar-refractivity contribution >= 4 is 11.3 Å². The first-order valence-electron chi connectivity index (χ1n) is 8.18. The lowest BCUT2D eigenvalue weighted by Crippen LogP contribution is -2.66. The SMILES string of the molecule is Cc1csc(CN2CC(C)(C3CC3)NCC2C(C)(C)C)n1. The molecule has 1 aliphatic carbocycles. The van der Waals surface area contributed by atoms with E-state index in [0.29, 0.717) is 17.0 Å². The van der Waals surface area contributed by atoms with Gasteiger partial charge in [0, 0.05) is 35.7 Å². The fourth-order valence-corrected chi connectivity index (χ4v) is 4.51. The van der Waals surface area contributed by atoms with Gasteiger partial charge in [0.1, 0.15) is 5.01 Å². The molecule has 1 aromatic heterocycles. The molecule has 3 nitrogen and oxygen atoms in total. The Morgan fingerprint density at radius 2 is 2.14 bits per heavy atom. The summed E-state index contributed by atoms with van der Waals surface area (Å²) in [6, 6.07) is 0.577. The molecule has 4 heteroatoms.